The van der Waals surface area contributed by atoms with Crippen molar-refractivity contribution in [3.63, 3.8) is 0 Å². The van der Waals surface area contributed by atoms with Crippen molar-refractivity contribution in [1.82, 2.24) is 4.98 Å². The first kappa shape index (κ1) is 15.0. The molecule has 2 aromatic rings. The second-order valence-corrected chi connectivity index (χ2v) is 7.06. The van der Waals surface area contributed by atoms with E-state index in [1.165, 1.54) is 0 Å². The van der Waals surface area contributed by atoms with Gasteiger partial charge in [0.1, 0.15) is 0 Å². The summed E-state index contributed by atoms with van der Waals surface area (Å²) in [5.74, 6) is -3.74. The molecule has 1 aromatic heterocycles. The molecule has 6 heteroatoms. The number of carboxylic acid groups (broad SMARTS) is 2. The predicted molar refractivity (Wildman–Crippen MR) is 82.8 cm³/mol. The molecule has 1 aliphatic rings. The maximum atomic E-state index is 11.4. The molecule has 1 aromatic carbocycles. The summed E-state index contributed by atoms with van der Waals surface area (Å²) in [5, 5.41) is 19.5. The van der Waals surface area contributed by atoms with E-state index in [4.69, 9.17) is 0 Å². The van der Waals surface area contributed by atoms with E-state index in [0.717, 1.165) is 15.2 Å². The maximum Gasteiger partial charge on any atom is 0.307 e. The van der Waals surface area contributed by atoms with Crippen molar-refractivity contribution in [3.05, 3.63) is 29.3 Å². The second-order valence-electron chi connectivity index (χ2n) is 5.94. The van der Waals surface area contributed by atoms with Crippen molar-refractivity contribution in [1.29, 1.82) is 0 Å². The van der Waals surface area contributed by atoms with Crippen LogP contribution in [0.1, 0.15) is 18.4 Å². The van der Waals surface area contributed by atoms with Gasteiger partial charge in [0.2, 0.25) is 0 Å². The van der Waals surface area contributed by atoms with E-state index in [1.54, 1.807) is 11.3 Å². The third-order valence-electron chi connectivity index (χ3n) is 4.68. The molecule has 0 amide bonds. The molecular formula is C16H17NO4S. The molecule has 22 heavy (non-hydrogen) atoms. The second kappa shape index (κ2) is 5.68. The molecule has 1 heterocycles. The van der Waals surface area contributed by atoms with Crippen LogP contribution in [0, 0.1) is 23.7 Å². The predicted octanol–water partition coefficient (Wildman–Crippen LogP) is 2.90. The minimum Gasteiger partial charge on any atom is -0.481 e. The van der Waals surface area contributed by atoms with Gasteiger partial charge in [0, 0.05) is 6.42 Å². The van der Waals surface area contributed by atoms with E-state index in [9.17, 15) is 19.8 Å². The molecule has 4 atom stereocenters. The zero-order chi connectivity index (χ0) is 15.9. The minimum absolute atomic E-state index is 0.0442. The van der Waals surface area contributed by atoms with Gasteiger partial charge in [-0.15, -0.1) is 11.3 Å². The van der Waals surface area contributed by atoms with Crippen LogP contribution < -0.4 is 0 Å². The van der Waals surface area contributed by atoms with E-state index in [-0.39, 0.29) is 11.8 Å². The van der Waals surface area contributed by atoms with Crippen LogP contribution in [0.2, 0.25) is 0 Å². The Bertz CT molecular complexity index is 693. The monoisotopic (exact) mass is 319 g/mol. The third-order valence-corrected chi connectivity index (χ3v) is 5.74. The fraction of sp³-hybridized carbons (Fsp3) is 0.438. The van der Waals surface area contributed by atoms with Crippen LogP contribution in [-0.2, 0) is 16.0 Å². The van der Waals surface area contributed by atoms with Crippen LogP contribution in [0.3, 0.4) is 0 Å². The fourth-order valence-corrected chi connectivity index (χ4v) is 4.56. The molecule has 3 rings (SSSR count). The van der Waals surface area contributed by atoms with Crippen molar-refractivity contribution in [2.75, 3.05) is 0 Å². The number of aliphatic carboxylic acids is 2. The Kier molecular flexibility index (Phi) is 3.87. The van der Waals surface area contributed by atoms with Gasteiger partial charge in [0.25, 0.3) is 0 Å². The van der Waals surface area contributed by atoms with Crippen LogP contribution in [0.15, 0.2) is 24.3 Å². The number of aromatic nitrogens is 1. The van der Waals surface area contributed by atoms with Gasteiger partial charge in [-0.05, 0) is 30.4 Å². The van der Waals surface area contributed by atoms with Crippen LogP contribution in [0.5, 0.6) is 0 Å². The number of carboxylic acids is 2. The number of fused-ring (bicyclic) bond motifs is 1. The molecule has 1 fully saturated rings. The number of benzene rings is 1. The maximum absolute atomic E-state index is 11.4. The zero-order valence-electron chi connectivity index (χ0n) is 12.1. The van der Waals surface area contributed by atoms with E-state index >= 15 is 0 Å². The normalized spacial score (nSPS) is 28.0. The Morgan fingerprint density at radius 3 is 2.59 bits per heavy atom. The molecule has 0 spiro atoms. The highest BCUT2D eigenvalue weighted by Crippen LogP contribution is 2.44. The molecule has 2 N–H and O–H groups in total. The molecule has 1 saturated carbocycles. The number of para-hydroxylation sites is 1. The van der Waals surface area contributed by atoms with Crippen LogP contribution in [-0.4, -0.2) is 27.1 Å². The highest BCUT2D eigenvalue weighted by atomic mass is 32.1. The smallest absolute Gasteiger partial charge is 0.307 e. The van der Waals surface area contributed by atoms with E-state index in [1.807, 2.05) is 31.2 Å². The van der Waals surface area contributed by atoms with Gasteiger partial charge >= 0.3 is 11.9 Å². The number of thiazole rings is 1. The Morgan fingerprint density at radius 2 is 2.00 bits per heavy atom. The SMILES string of the molecule is CC1C(Cc2nc3ccccc3s2)CC(C(=O)O)C1C(=O)O. The van der Waals surface area contributed by atoms with Crippen molar-refractivity contribution in [2.45, 2.75) is 19.8 Å². The zero-order valence-corrected chi connectivity index (χ0v) is 12.9. The number of carbonyl (C=O) groups is 2. The van der Waals surface area contributed by atoms with Crippen molar-refractivity contribution in [2.24, 2.45) is 23.7 Å². The molecule has 1 aliphatic carbocycles. The molecule has 0 saturated heterocycles. The van der Waals surface area contributed by atoms with E-state index in [0.29, 0.717) is 12.8 Å². The van der Waals surface area contributed by atoms with Gasteiger partial charge < -0.3 is 10.2 Å². The highest BCUT2D eigenvalue weighted by molar-refractivity contribution is 7.18. The summed E-state index contributed by atoms with van der Waals surface area (Å²) in [5.41, 5.74) is 0.942. The lowest BCUT2D eigenvalue weighted by molar-refractivity contribution is -0.153. The first-order chi connectivity index (χ1) is 10.5. The van der Waals surface area contributed by atoms with Gasteiger partial charge in [-0.3, -0.25) is 9.59 Å². The Balaban J connectivity index is 1.82. The summed E-state index contributed by atoms with van der Waals surface area (Å²) in [4.78, 5) is 27.3. The van der Waals surface area contributed by atoms with Gasteiger partial charge in [0.05, 0.1) is 27.1 Å². The van der Waals surface area contributed by atoms with Crippen LogP contribution in [0.25, 0.3) is 10.2 Å². The van der Waals surface area contributed by atoms with Gasteiger partial charge in [0.15, 0.2) is 0 Å². The van der Waals surface area contributed by atoms with Gasteiger partial charge in [-0.2, -0.15) is 0 Å². The van der Waals surface area contributed by atoms with E-state index < -0.39 is 23.8 Å². The standard InChI is InChI=1S/C16H17NO4S/c1-8-9(6-10(15(18)19)14(8)16(20)21)7-13-17-11-4-2-3-5-12(11)22-13/h2-5,8-10,14H,6-7H2,1H3,(H,18,19)(H,20,21). The minimum atomic E-state index is -1.01. The average Bonchev–Trinajstić information content (AvgIpc) is 3.00. The van der Waals surface area contributed by atoms with Crippen molar-refractivity contribution < 1.29 is 19.8 Å². The fourth-order valence-electron chi connectivity index (χ4n) is 3.50. The lowest BCUT2D eigenvalue weighted by Gasteiger charge is -2.17. The number of nitrogens with zero attached hydrogens (tertiary/aromatic N) is 1. The Labute approximate surface area is 131 Å². The summed E-state index contributed by atoms with van der Waals surface area (Å²) < 4.78 is 1.10. The molecule has 0 bridgehead atoms. The number of hydrogen-bond acceptors (Lipinski definition) is 4. The summed E-state index contributed by atoms with van der Waals surface area (Å²) >= 11 is 1.60. The lowest BCUT2D eigenvalue weighted by Crippen LogP contribution is -2.28. The average molecular weight is 319 g/mol. The molecule has 5 nitrogen and oxygen atoms in total. The van der Waals surface area contributed by atoms with Gasteiger partial charge in [-0.1, -0.05) is 19.1 Å². The summed E-state index contributed by atoms with van der Waals surface area (Å²) in [6, 6.07) is 7.86. The topological polar surface area (TPSA) is 87.5 Å². The quantitative estimate of drug-likeness (QED) is 0.904. The molecule has 4 unspecified atom stereocenters. The number of hydrogen-bond donors (Lipinski definition) is 2. The summed E-state index contributed by atoms with van der Waals surface area (Å²) in [6.07, 6.45) is 1.05. The molecule has 0 radical (unpaired) electrons. The highest BCUT2D eigenvalue weighted by Gasteiger charge is 2.48. The summed E-state index contributed by atoms with van der Waals surface area (Å²) in [7, 11) is 0. The Hall–Kier alpha value is -1.95. The first-order valence-corrected chi connectivity index (χ1v) is 8.09. The number of rotatable bonds is 4. The first-order valence-electron chi connectivity index (χ1n) is 7.27. The molecular weight excluding hydrogens is 302 g/mol. The van der Waals surface area contributed by atoms with Gasteiger partial charge in [-0.25, -0.2) is 4.98 Å². The van der Waals surface area contributed by atoms with Crippen LogP contribution >= 0.6 is 11.3 Å². The Morgan fingerprint density at radius 1 is 1.27 bits per heavy atom. The van der Waals surface area contributed by atoms with Crippen molar-refractivity contribution in [3.8, 4) is 0 Å². The lowest BCUT2D eigenvalue weighted by atomic mass is 9.87. The molecule has 116 valence electrons. The van der Waals surface area contributed by atoms with E-state index in [2.05, 4.69) is 4.98 Å². The largest absolute Gasteiger partial charge is 0.481 e. The third kappa shape index (κ3) is 2.59. The molecule has 0 aliphatic heterocycles. The van der Waals surface area contributed by atoms with Crippen LogP contribution in [0.4, 0.5) is 0 Å². The van der Waals surface area contributed by atoms with Crippen molar-refractivity contribution >= 4 is 33.5 Å². The summed E-state index contributed by atoms with van der Waals surface area (Å²) in [6.45, 7) is 1.85.